The Morgan fingerprint density at radius 3 is 1.46 bits per heavy atom. The number of phosphoric acid groups is 3. The van der Waals surface area contributed by atoms with Gasteiger partial charge in [0.15, 0.2) is 30.3 Å². The smallest absolute Gasteiger partial charge is 0.403 e. The van der Waals surface area contributed by atoms with E-state index >= 15 is 0 Å². The predicted octanol–water partition coefficient (Wildman–Crippen LogP) is -2.01. The van der Waals surface area contributed by atoms with Crippen LogP contribution in [0.5, 0.6) is 5.75 Å². The van der Waals surface area contributed by atoms with Gasteiger partial charge in [-0.1, -0.05) is 12.1 Å². The van der Waals surface area contributed by atoms with Crippen molar-refractivity contribution in [2.75, 3.05) is 19.8 Å². The summed E-state index contributed by atoms with van der Waals surface area (Å²) in [5.74, 6) is -3.26. The van der Waals surface area contributed by atoms with Gasteiger partial charge in [-0.3, -0.25) is 81.3 Å². The Morgan fingerprint density at radius 1 is 0.600 bits per heavy atom. The maximum absolute atomic E-state index is 12.6. The van der Waals surface area contributed by atoms with Gasteiger partial charge in [0.05, 0.1) is 23.4 Å². The molecule has 1 aromatic carbocycles. The van der Waals surface area contributed by atoms with Crippen molar-refractivity contribution >= 4 is 82.8 Å². The lowest BCUT2D eigenvalue weighted by atomic mass is 10.1. The Labute approximate surface area is 637 Å². The highest BCUT2D eigenvalue weighted by atomic mass is 127. The predicted molar refractivity (Wildman–Crippen MR) is 374 cm³/mol. The summed E-state index contributed by atoms with van der Waals surface area (Å²) in [4.78, 5) is 168. The second kappa shape index (κ2) is 36.8. The molecule has 0 spiro atoms. The molecule has 13 rings (SSSR count). The maximum Gasteiger partial charge on any atom is 0.403 e. The van der Waals surface area contributed by atoms with E-state index in [0.717, 1.165) is 28.1 Å². The second-order valence-electron chi connectivity index (χ2n) is 24.4. The van der Waals surface area contributed by atoms with Crippen LogP contribution in [0.15, 0.2) is 145 Å². The molecule has 44 nitrogen and oxygen atoms in total. The van der Waals surface area contributed by atoms with E-state index < -0.39 is 180 Å². The van der Waals surface area contributed by atoms with Gasteiger partial charge in [-0.25, -0.2) is 27.8 Å². The number of phosphoric ester groups is 1. The lowest BCUT2D eigenvalue weighted by molar-refractivity contribution is -0.250. The van der Waals surface area contributed by atoms with Crippen molar-refractivity contribution in [3.63, 3.8) is 0 Å². The van der Waals surface area contributed by atoms with E-state index in [2.05, 4.69) is 53.2 Å². The first kappa shape index (κ1) is 86.3. The Balaban J connectivity index is 0.000000172. The molecular weight excluding hydrogens is 1690 g/mol. The number of aliphatic hydroxyl groups is 4. The monoisotopic (exact) mass is 1750 g/mol. The number of hydrogen-bond donors (Lipinski definition) is 11. The summed E-state index contributed by atoms with van der Waals surface area (Å²) in [6.07, 6.45) is -0.0429. The number of pyridine rings is 3. The van der Waals surface area contributed by atoms with Crippen LogP contribution in [-0.2, 0) is 84.2 Å². The molecular formula is C60H67ClIN12O32P4-3. The summed E-state index contributed by atoms with van der Waals surface area (Å²) in [5.41, 5.74) is 2.53. The number of carbonyl (C=O) groups excluding carboxylic acids is 3. The Hall–Kier alpha value is -7.70. The third-order valence-electron chi connectivity index (χ3n) is 15.7. The zero-order valence-corrected chi connectivity index (χ0v) is 63.7. The Kier molecular flexibility index (Phi) is 28.9. The lowest BCUT2D eigenvalue weighted by Gasteiger charge is -2.33. The molecule has 6 aromatic heterocycles. The topological polar surface area (TPSA) is 637 Å². The largest absolute Gasteiger partial charge is 0.756 e. The van der Waals surface area contributed by atoms with Crippen molar-refractivity contribution < 1.29 is 123 Å². The number of carbonyl (C=O) groups is 3. The summed E-state index contributed by atoms with van der Waals surface area (Å²) >= 11 is 7.37. The number of H-pyrrole nitrogens is 3. The normalized spacial score (nSPS) is 26.0. The van der Waals surface area contributed by atoms with Crippen LogP contribution < -0.4 is 69.3 Å². The number of fused-ring (bicyclic) bond motifs is 3. The van der Waals surface area contributed by atoms with Crippen LogP contribution in [0.3, 0.4) is 0 Å². The number of aliphatic hydroxyl groups excluding tert-OH is 4. The van der Waals surface area contributed by atoms with Gasteiger partial charge in [-0.05, 0) is 127 Å². The molecule has 50 heteroatoms. The fourth-order valence-electron chi connectivity index (χ4n) is 10.9. The molecule has 6 aliphatic rings. The molecule has 2 amide bonds. The number of rotatable bonds is 19. The average molecular weight is 1750 g/mol. The first-order chi connectivity index (χ1) is 51.8. The summed E-state index contributed by atoms with van der Waals surface area (Å²) in [6, 6.07) is 17.3. The standard InChI is InChI=1S/C19H22N4O7.C16H21N4O16P3.C12H15IN2O6.C7H4ClO3P.C6H8N2/c1-19(2)29-13-12(9-24)28-17(14(13)30-19)23-8-11(16(26)22-18(23)27)15(25)21-7-10-3-5-20-6-4-10;21-11-10(7-33-38(29,30)36-39(31,32)35-37(26,27)28)34-15(12(11)22)20-6-9(14(24)19-16(20)25)13(23)18-5-8-1-3-17-4-2-8;1-12(2)20-7-6(4-16)19-10(8(7)21-12)15-3-5(13)9(17)14-11(15)18;8-12-10-6-4-2-1-3-5(6)7(9)11-12;7-5-6-1-3-8-4-2-6/h3-6,8,12-14,17,24H,7,9H2,1-2H3,(H,21,25)(H,22,26,27);1-4,6,10-12,15,21-22H,5,7H2,(H,18,23)(H,29,30)(H,31,32)(H,19,24,25)(H2,26,27,28);3,6-8,10,16H,4H2,1-2H3,(H,14,17,18);1-4H;1-4H,5,7H2/p-3. The van der Waals surface area contributed by atoms with E-state index in [9.17, 15) is 92.0 Å². The highest BCUT2D eigenvalue weighted by Gasteiger charge is 2.57. The molecule has 0 saturated carbocycles. The Bertz CT molecular complexity index is 4950. The van der Waals surface area contributed by atoms with Crippen LogP contribution in [0.2, 0.25) is 0 Å². The summed E-state index contributed by atoms with van der Waals surface area (Å²) < 4.78 is 97.0. The summed E-state index contributed by atoms with van der Waals surface area (Å²) in [5, 5.41) is 44.6. The van der Waals surface area contributed by atoms with E-state index in [4.69, 9.17) is 59.5 Å². The number of amides is 2. The van der Waals surface area contributed by atoms with Crippen molar-refractivity contribution in [2.45, 2.75) is 133 Å². The average Bonchev–Trinajstić information content (AvgIpc) is 1.60. The van der Waals surface area contributed by atoms with E-state index in [1.807, 2.05) is 39.7 Å². The third kappa shape index (κ3) is 22.6. The fourth-order valence-corrected chi connectivity index (χ4v) is 15.3. The minimum atomic E-state index is -6.19. The minimum Gasteiger partial charge on any atom is -0.756 e. The van der Waals surface area contributed by atoms with Gasteiger partial charge in [0.2, 0.25) is 0 Å². The molecule has 7 aromatic rings. The number of aromatic amines is 3. The van der Waals surface area contributed by atoms with Crippen molar-refractivity contribution in [2.24, 2.45) is 5.73 Å². The van der Waals surface area contributed by atoms with Crippen molar-refractivity contribution in [1.82, 2.24) is 54.2 Å². The third-order valence-corrected chi connectivity index (χ3v) is 21.3. The number of para-hydroxylation sites is 1. The van der Waals surface area contributed by atoms with Gasteiger partial charge in [0.1, 0.15) is 77.4 Å². The highest BCUT2D eigenvalue weighted by molar-refractivity contribution is 14.1. The molecule has 16 atom stereocenters. The lowest BCUT2D eigenvalue weighted by Crippen LogP contribution is -2.41. The van der Waals surface area contributed by atoms with Gasteiger partial charge in [-0.15, -0.1) is 0 Å². The number of benzene rings is 1. The number of nitrogens with two attached hydrogens (primary N) is 1. The number of aromatic nitrogens is 9. The SMILES string of the molecule is CC1(C)OC2C(CO)OC(n3cc(C(=O)NCc4ccncc4)c(=O)[nH]c3=O)C2O1.CC1(C)OC2C(CO)OC(n3cc(I)c(=O)[nH]c3=O)C2O1.NCc1ccncc1.O=C(NCc1ccncc1)c1cn(C2OC(COP(=O)([O-])OP(=O)([O-])OP(=O)([O-])O)C(O)C2O)c(=O)[nH]c1=O.O=C1OP(Cl)Oc2ccccc21. The summed E-state index contributed by atoms with van der Waals surface area (Å²) in [7, 11) is -19.7. The molecule has 5 saturated heterocycles. The number of nitrogens with zero attached hydrogens (tertiary/aromatic N) is 6. The van der Waals surface area contributed by atoms with Crippen LogP contribution in [0.25, 0.3) is 0 Å². The first-order valence-electron chi connectivity index (χ1n) is 31.9. The molecule has 12 heterocycles. The maximum atomic E-state index is 12.6. The van der Waals surface area contributed by atoms with E-state index in [-0.39, 0.29) is 31.9 Å². The van der Waals surface area contributed by atoms with Crippen LogP contribution in [0.1, 0.15) is 94.1 Å². The molecule has 596 valence electrons. The number of nitrogens with one attached hydrogen (secondary N) is 5. The minimum absolute atomic E-state index is 0.0239. The molecule has 12 N–H and O–H groups in total. The molecule has 5 fully saturated rings. The van der Waals surface area contributed by atoms with Gasteiger partial charge in [0.25, 0.3) is 52.0 Å². The molecule has 0 radical (unpaired) electrons. The fraction of sp³-hybridized carbons (Fsp3) is 0.400. The molecule has 0 aliphatic carbocycles. The summed E-state index contributed by atoms with van der Waals surface area (Å²) in [6.45, 7) is 5.87. The molecule has 0 bridgehead atoms. The Morgan fingerprint density at radius 2 is 1.02 bits per heavy atom. The quantitative estimate of drug-likeness (QED) is 0.0308. The molecule has 110 heavy (non-hydrogen) atoms. The highest BCUT2D eigenvalue weighted by Crippen LogP contribution is 2.61. The van der Waals surface area contributed by atoms with Crippen LogP contribution in [0, 0.1) is 3.57 Å². The van der Waals surface area contributed by atoms with E-state index in [1.54, 1.807) is 101 Å². The zero-order valence-electron chi connectivity index (χ0n) is 57.2. The first-order valence-corrected chi connectivity index (χ1v) is 39.5. The van der Waals surface area contributed by atoms with E-state index in [0.29, 0.717) is 31.6 Å². The van der Waals surface area contributed by atoms with Gasteiger partial charge < -0.3 is 103 Å². The number of ether oxygens (including phenoxy) is 7. The van der Waals surface area contributed by atoms with Crippen molar-refractivity contribution in [3.05, 3.63) is 216 Å². The van der Waals surface area contributed by atoms with Crippen LogP contribution in [-0.4, -0.2) is 173 Å². The van der Waals surface area contributed by atoms with Gasteiger partial charge in [-0.2, -0.15) is 0 Å². The second-order valence-corrected chi connectivity index (χ2v) is 31.4. The van der Waals surface area contributed by atoms with Crippen molar-refractivity contribution in [1.29, 1.82) is 0 Å². The van der Waals surface area contributed by atoms with E-state index in [1.165, 1.54) is 23.2 Å². The zero-order chi connectivity index (χ0) is 80.4. The van der Waals surface area contributed by atoms with Gasteiger partial charge >= 0.3 is 30.8 Å². The van der Waals surface area contributed by atoms with Crippen LogP contribution in [0.4, 0.5) is 0 Å². The van der Waals surface area contributed by atoms with Crippen molar-refractivity contribution in [3.8, 4) is 5.75 Å². The van der Waals surface area contributed by atoms with Crippen LogP contribution >= 0.6 is 65.0 Å². The van der Waals surface area contributed by atoms with Gasteiger partial charge in [0, 0.05) is 75.4 Å². The molecule has 16 unspecified atom stereocenters. The molecule has 6 aliphatic heterocycles. The number of halogens is 2. The number of hydrogen-bond acceptors (Lipinski definition) is 35.